The van der Waals surface area contributed by atoms with Gasteiger partial charge in [0.15, 0.2) is 0 Å². The highest BCUT2D eigenvalue weighted by molar-refractivity contribution is 6.29. The van der Waals surface area contributed by atoms with Crippen LogP contribution in [0.3, 0.4) is 0 Å². The molecule has 19 heavy (non-hydrogen) atoms. The lowest BCUT2D eigenvalue weighted by atomic mass is 10.2. The van der Waals surface area contributed by atoms with Crippen LogP contribution >= 0.6 is 11.6 Å². The summed E-state index contributed by atoms with van der Waals surface area (Å²) < 4.78 is 0. The summed E-state index contributed by atoms with van der Waals surface area (Å²) in [5, 5.41) is 6.02. The van der Waals surface area contributed by atoms with Crippen molar-refractivity contribution in [1.82, 2.24) is 15.3 Å². The van der Waals surface area contributed by atoms with Gasteiger partial charge < -0.3 is 10.6 Å². The Morgan fingerprint density at radius 2 is 2.00 bits per heavy atom. The number of amides is 1. The molecule has 1 aromatic heterocycles. The van der Waals surface area contributed by atoms with E-state index in [1.54, 1.807) is 6.07 Å². The van der Waals surface area contributed by atoms with Gasteiger partial charge in [-0.25, -0.2) is 9.97 Å². The van der Waals surface area contributed by atoms with Crippen LogP contribution in [-0.2, 0) is 11.3 Å². The molecular weight excluding hydrogens is 264 g/mol. The second kappa shape index (κ2) is 6.70. The minimum atomic E-state index is -0.112. The summed E-state index contributed by atoms with van der Waals surface area (Å²) in [6, 6.07) is 11.3. The number of anilines is 1. The summed E-state index contributed by atoms with van der Waals surface area (Å²) in [5.41, 5.74) is 1.06. The van der Waals surface area contributed by atoms with Crippen molar-refractivity contribution < 1.29 is 4.79 Å². The molecule has 6 heteroatoms. The van der Waals surface area contributed by atoms with Crippen molar-refractivity contribution in [3.05, 3.63) is 53.4 Å². The van der Waals surface area contributed by atoms with E-state index in [1.807, 2.05) is 30.3 Å². The Balaban J connectivity index is 1.76. The van der Waals surface area contributed by atoms with Crippen LogP contribution in [0, 0.1) is 0 Å². The molecule has 5 nitrogen and oxygen atoms in total. The zero-order valence-corrected chi connectivity index (χ0v) is 10.9. The number of aromatic nitrogens is 2. The van der Waals surface area contributed by atoms with E-state index in [1.165, 1.54) is 6.33 Å². The van der Waals surface area contributed by atoms with E-state index in [2.05, 4.69) is 20.6 Å². The van der Waals surface area contributed by atoms with E-state index in [4.69, 9.17) is 11.6 Å². The lowest BCUT2D eigenvalue weighted by Gasteiger charge is -2.07. The van der Waals surface area contributed by atoms with Crippen molar-refractivity contribution in [2.75, 3.05) is 11.9 Å². The van der Waals surface area contributed by atoms with E-state index in [0.29, 0.717) is 17.5 Å². The fourth-order valence-corrected chi connectivity index (χ4v) is 1.61. The van der Waals surface area contributed by atoms with Gasteiger partial charge in [-0.1, -0.05) is 41.9 Å². The Morgan fingerprint density at radius 1 is 1.21 bits per heavy atom. The molecular formula is C13H13ClN4O. The fourth-order valence-electron chi connectivity index (χ4n) is 1.46. The molecule has 0 aliphatic heterocycles. The SMILES string of the molecule is O=C(CNc1cc(Cl)ncn1)NCc1ccccc1. The molecule has 0 aliphatic rings. The average molecular weight is 277 g/mol. The first-order valence-electron chi connectivity index (χ1n) is 5.76. The number of nitrogens with zero attached hydrogens (tertiary/aromatic N) is 2. The van der Waals surface area contributed by atoms with Gasteiger partial charge in [0, 0.05) is 12.6 Å². The summed E-state index contributed by atoms with van der Waals surface area (Å²) in [7, 11) is 0. The Bertz CT molecular complexity index is 547. The Kier molecular flexibility index (Phi) is 4.69. The summed E-state index contributed by atoms with van der Waals surface area (Å²) in [4.78, 5) is 19.3. The number of hydrogen-bond donors (Lipinski definition) is 2. The number of rotatable bonds is 5. The van der Waals surface area contributed by atoms with Crippen LogP contribution < -0.4 is 10.6 Å². The van der Waals surface area contributed by atoms with Gasteiger partial charge >= 0.3 is 0 Å². The molecule has 0 saturated carbocycles. The van der Waals surface area contributed by atoms with Crippen LogP contribution in [0.5, 0.6) is 0 Å². The van der Waals surface area contributed by atoms with Crippen molar-refractivity contribution in [3.63, 3.8) is 0 Å². The van der Waals surface area contributed by atoms with Gasteiger partial charge in [-0.3, -0.25) is 4.79 Å². The number of carbonyl (C=O) groups excluding carboxylic acids is 1. The standard InChI is InChI=1S/C13H13ClN4O/c14-11-6-12(18-9-17-11)15-8-13(19)16-7-10-4-2-1-3-5-10/h1-6,9H,7-8H2,(H,16,19)(H,15,17,18). The highest BCUT2D eigenvalue weighted by Crippen LogP contribution is 2.07. The molecule has 0 aliphatic carbocycles. The van der Waals surface area contributed by atoms with Crippen molar-refractivity contribution in [1.29, 1.82) is 0 Å². The van der Waals surface area contributed by atoms with Crippen molar-refractivity contribution >= 4 is 23.3 Å². The van der Waals surface area contributed by atoms with Gasteiger partial charge in [0.2, 0.25) is 5.91 Å². The fraction of sp³-hybridized carbons (Fsp3) is 0.154. The zero-order chi connectivity index (χ0) is 13.5. The van der Waals surface area contributed by atoms with Crippen LogP contribution in [0.2, 0.25) is 5.15 Å². The Morgan fingerprint density at radius 3 is 2.74 bits per heavy atom. The number of halogens is 1. The maximum absolute atomic E-state index is 11.6. The third-order valence-corrected chi connectivity index (χ3v) is 2.60. The van der Waals surface area contributed by atoms with Crippen molar-refractivity contribution in [2.45, 2.75) is 6.54 Å². The molecule has 0 spiro atoms. The maximum atomic E-state index is 11.6. The first-order chi connectivity index (χ1) is 9.24. The van der Waals surface area contributed by atoms with E-state index >= 15 is 0 Å². The normalized spacial score (nSPS) is 9.95. The van der Waals surface area contributed by atoms with E-state index < -0.39 is 0 Å². The molecule has 0 unspecified atom stereocenters. The molecule has 0 fully saturated rings. The topological polar surface area (TPSA) is 66.9 Å². The monoisotopic (exact) mass is 276 g/mol. The smallest absolute Gasteiger partial charge is 0.239 e. The van der Waals surface area contributed by atoms with Crippen molar-refractivity contribution in [3.8, 4) is 0 Å². The maximum Gasteiger partial charge on any atom is 0.239 e. The minimum Gasteiger partial charge on any atom is -0.361 e. The first kappa shape index (κ1) is 13.3. The molecule has 1 heterocycles. The third kappa shape index (κ3) is 4.56. The van der Waals surface area contributed by atoms with Crippen LogP contribution in [-0.4, -0.2) is 22.4 Å². The number of benzene rings is 1. The number of nitrogens with one attached hydrogen (secondary N) is 2. The van der Waals surface area contributed by atoms with Crippen LogP contribution in [0.15, 0.2) is 42.7 Å². The molecule has 0 bridgehead atoms. The van der Waals surface area contributed by atoms with E-state index in [9.17, 15) is 4.79 Å². The van der Waals surface area contributed by atoms with Crippen LogP contribution in [0.1, 0.15) is 5.56 Å². The predicted molar refractivity (Wildman–Crippen MR) is 73.8 cm³/mol. The molecule has 2 aromatic rings. The number of carbonyl (C=O) groups is 1. The third-order valence-electron chi connectivity index (χ3n) is 2.40. The molecule has 1 aromatic carbocycles. The highest BCUT2D eigenvalue weighted by atomic mass is 35.5. The van der Waals surface area contributed by atoms with E-state index in [-0.39, 0.29) is 12.5 Å². The summed E-state index contributed by atoms with van der Waals surface area (Å²) in [6.45, 7) is 0.645. The molecule has 2 rings (SSSR count). The van der Waals surface area contributed by atoms with E-state index in [0.717, 1.165) is 5.56 Å². The second-order valence-corrected chi connectivity index (χ2v) is 4.23. The zero-order valence-electron chi connectivity index (χ0n) is 10.1. The predicted octanol–water partition coefficient (Wildman–Crippen LogP) is 1.86. The van der Waals surface area contributed by atoms with Crippen LogP contribution in [0.25, 0.3) is 0 Å². The van der Waals surface area contributed by atoms with Gasteiger partial charge in [-0.2, -0.15) is 0 Å². The molecule has 0 radical (unpaired) electrons. The van der Waals surface area contributed by atoms with Gasteiger partial charge in [-0.05, 0) is 5.56 Å². The molecule has 2 N–H and O–H groups in total. The summed E-state index contributed by atoms with van der Waals surface area (Å²) in [5.74, 6) is 0.411. The van der Waals surface area contributed by atoms with Crippen LogP contribution in [0.4, 0.5) is 5.82 Å². The van der Waals surface area contributed by atoms with Crippen molar-refractivity contribution in [2.24, 2.45) is 0 Å². The largest absolute Gasteiger partial charge is 0.361 e. The lowest BCUT2D eigenvalue weighted by Crippen LogP contribution is -2.29. The second-order valence-electron chi connectivity index (χ2n) is 3.84. The van der Waals surface area contributed by atoms with Gasteiger partial charge in [-0.15, -0.1) is 0 Å². The number of hydrogen-bond acceptors (Lipinski definition) is 4. The van der Waals surface area contributed by atoms with Gasteiger partial charge in [0.1, 0.15) is 17.3 Å². The average Bonchev–Trinajstić information content (AvgIpc) is 2.44. The minimum absolute atomic E-state index is 0.112. The Hall–Kier alpha value is -2.14. The molecule has 1 amide bonds. The quantitative estimate of drug-likeness (QED) is 0.818. The Labute approximate surface area is 116 Å². The highest BCUT2D eigenvalue weighted by Gasteiger charge is 2.02. The molecule has 98 valence electrons. The first-order valence-corrected chi connectivity index (χ1v) is 6.14. The summed E-state index contributed by atoms with van der Waals surface area (Å²) in [6.07, 6.45) is 1.34. The molecule has 0 atom stereocenters. The van der Waals surface area contributed by atoms with Gasteiger partial charge in [0.25, 0.3) is 0 Å². The lowest BCUT2D eigenvalue weighted by molar-refractivity contribution is -0.119. The molecule has 0 saturated heterocycles. The summed E-state index contributed by atoms with van der Waals surface area (Å²) >= 11 is 5.71. The van der Waals surface area contributed by atoms with Gasteiger partial charge in [0.05, 0.1) is 6.54 Å².